The third kappa shape index (κ3) is 6.33. The summed E-state index contributed by atoms with van der Waals surface area (Å²) in [6, 6.07) is 12.7. The van der Waals surface area contributed by atoms with E-state index in [-0.39, 0.29) is 12.5 Å². The van der Waals surface area contributed by atoms with E-state index in [1.807, 2.05) is 39.0 Å². The van der Waals surface area contributed by atoms with Crippen LogP contribution in [0.15, 0.2) is 42.5 Å². The van der Waals surface area contributed by atoms with Gasteiger partial charge in [0.1, 0.15) is 18.1 Å². The van der Waals surface area contributed by atoms with Crippen LogP contribution in [0.5, 0.6) is 11.5 Å². The van der Waals surface area contributed by atoms with Gasteiger partial charge in [-0.05, 0) is 62.2 Å². The van der Waals surface area contributed by atoms with Gasteiger partial charge in [-0.3, -0.25) is 4.79 Å². The Morgan fingerprint density at radius 1 is 0.963 bits per heavy atom. The number of benzene rings is 2. The van der Waals surface area contributed by atoms with Crippen molar-refractivity contribution in [2.45, 2.75) is 20.8 Å². The minimum atomic E-state index is -0.503. The highest BCUT2D eigenvalue weighted by molar-refractivity contribution is 5.93. The van der Waals surface area contributed by atoms with Gasteiger partial charge in [0.05, 0.1) is 18.7 Å². The molecule has 0 aliphatic rings. The average Bonchev–Trinajstić information content (AvgIpc) is 2.67. The molecule has 6 nitrogen and oxygen atoms in total. The quantitative estimate of drug-likeness (QED) is 0.542. The summed E-state index contributed by atoms with van der Waals surface area (Å²) in [5.41, 5.74) is 2.33. The molecule has 0 fully saturated rings. The molecule has 0 unspecified atom stereocenters. The lowest BCUT2D eigenvalue weighted by molar-refractivity contribution is -0.124. The molecule has 6 heteroatoms. The Bertz CT molecular complexity index is 771. The van der Waals surface area contributed by atoms with Crippen molar-refractivity contribution in [1.82, 2.24) is 5.32 Å². The van der Waals surface area contributed by atoms with E-state index >= 15 is 0 Å². The Morgan fingerprint density at radius 2 is 1.63 bits per heavy atom. The maximum Gasteiger partial charge on any atom is 0.338 e. The lowest BCUT2D eigenvalue weighted by Crippen LogP contribution is -2.32. The van der Waals surface area contributed by atoms with Crippen molar-refractivity contribution in [3.05, 3.63) is 59.2 Å². The lowest BCUT2D eigenvalue weighted by atomic mass is 10.0. The summed E-state index contributed by atoms with van der Waals surface area (Å²) >= 11 is 0. The SMILES string of the molecule is CCOc1ccc(OCCNC(=O)COC(=O)c2cccc(C)c2C)cc1. The second-order valence-corrected chi connectivity index (χ2v) is 5.93. The molecule has 0 aliphatic carbocycles. The van der Waals surface area contributed by atoms with Crippen LogP contribution < -0.4 is 14.8 Å². The third-order valence-electron chi connectivity index (χ3n) is 3.99. The van der Waals surface area contributed by atoms with Gasteiger partial charge in [0.2, 0.25) is 0 Å². The number of carbonyl (C=O) groups is 2. The molecule has 144 valence electrons. The van der Waals surface area contributed by atoms with Crippen molar-refractivity contribution < 1.29 is 23.8 Å². The maximum atomic E-state index is 12.1. The first-order valence-electron chi connectivity index (χ1n) is 8.87. The second kappa shape index (κ2) is 10.2. The minimum absolute atomic E-state index is 0.310. The highest BCUT2D eigenvalue weighted by Crippen LogP contribution is 2.17. The van der Waals surface area contributed by atoms with Gasteiger partial charge < -0.3 is 19.5 Å². The first-order chi connectivity index (χ1) is 13.0. The number of ether oxygens (including phenoxy) is 3. The van der Waals surface area contributed by atoms with Crippen molar-refractivity contribution in [1.29, 1.82) is 0 Å². The van der Waals surface area contributed by atoms with Crippen LogP contribution in [0.2, 0.25) is 0 Å². The molecule has 0 saturated heterocycles. The van der Waals surface area contributed by atoms with E-state index < -0.39 is 5.97 Å². The average molecular weight is 371 g/mol. The van der Waals surface area contributed by atoms with Crippen LogP contribution in [0.4, 0.5) is 0 Å². The van der Waals surface area contributed by atoms with E-state index in [9.17, 15) is 9.59 Å². The Morgan fingerprint density at radius 3 is 2.30 bits per heavy atom. The summed E-state index contributed by atoms with van der Waals surface area (Å²) in [5.74, 6) is 0.596. The molecule has 0 radical (unpaired) electrons. The largest absolute Gasteiger partial charge is 0.494 e. The van der Waals surface area contributed by atoms with Crippen molar-refractivity contribution in [3.63, 3.8) is 0 Å². The van der Waals surface area contributed by atoms with Crippen molar-refractivity contribution >= 4 is 11.9 Å². The lowest BCUT2D eigenvalue weighted by Gasteiger charge is -2.10. The second-order valence-electron chi connectivity index (χ2n) is 5.93. The van der Waals surface area contributed by atoms with Gasteiger partial charge in [-0.1, -0.05) is 12.1 Å². The Hall–Kier alpha value is -3.02. The number of hydrogen-bond donors (Lipinski definition) is 1. The fraction of sp³-hybridized carbons (Fsp3) is 0.333. The van der Waals surface area contributed by atoms with E-state index in [0.717, 1.165) is 16.9 Å². The zero-order valence-electron chi connectivity index (χ0n) is 15.9. The summed E-state index contributed by atoms with van der Waals surface area (Å²) in [5, 5.41) is 2.65. The van der Waals surface area contributed by atoms with Crippen LogP contribution in [0.3, 0.4) is 0 Å². The third-order valence-corrected chi connectivity index (χ3v) is 3.99. The molecule has 2 aromatic rings. The van der Waals surface area contributed by atoms with Crippen molar-refractivity contribution in [2.24, 2.45) is 0 Å². The number of aryl methyl sites for hydroxylation is 1. The Labute approximate surface area is 159 Å². The molecule has 0 atom stereocenters. The van der Waals surface area contributed by atoms with Crippen LogP contribution in [0, 0.1) is 13.8 Å². The van der Waals surface area contributed by atoms with Crippen LogP contribution in [0.1, 0.15) is 28.4 Å². The fourth-order valence-corrected chi connectivity index (χ4v) is 2.39. The van der Waals surface area contributed by atoms with Crippen molar-refractivity contribution in [2.75, 3.05) is 26.4 Å². The molecule has 0 aromatic heterocycles. The topological polar surface area (TPSA) is 73.9 Å². The van der Waals surface area contributed by atoms with Crippen molar-refractivity contribution in [3.8, 4) is 11.5 Å². The van der Waals surface area contributed by atoms with Gasteiger partial charge in [-0.15, -0.1) is 0 Å². The number of esters is 1. The number of nitrogens with one attached hydrogen (secondary N) is 1. The fourth-order valence-electron chi connectivity index (χ4n) is 2.39. The van der Waals surface area contributed by atoms with E-state index in [4.69, 9.17) is 14.2 Å². The summed E-state index contributed by atoms with van der Waals surface area (Å²) in [4.78, 5) is 23.9. The van der Waals surface area contributed by atoms with E-state index in [1.165, 1.54) is 0 Å². The zero-order valence-corrected chi connectivity index (χ0v) is 15.9. The molecule has 0 heterocycles. The van der Waals surface area contributed by atoms with Gasteiger partial charge in [-0.25, -0.2) is 4.79 Å². The number of rotatable bonds is 9. The van der Waals surface area contributed by atoms with Gasteiger partial charge in [0.15, 0.2) is 6.61 Å². The Balaban J connectivity index is 1.67. The molecule has 0 bridgehead atoms. The van der Waals surface area contributed by atoms with Crippen LogP contribution >= 0.6 is 0 Å². The van der Waals surface area contributed by atoms with Gasteiger partial charge in [0, 0.05) is 0 Å². The smallest absolute Gasteiger partial charge is 0.338 e. The molecule has 27 heavy (non-hydrogen) atoms. The first-order valence-corrected chi connectivity index (χ1v) is 8.87. The molecule has 0 spiro atoms. The predicted octanol–water partition coefficient (Wildman–Crippen LogP) is 3.05. The maximum absolute atomic E-state index is 12.1. The summed E-state index contributed by atoms with van der Waals surface area (Å²) in [7, 11) is 0. The molecule has 0 aliphatic heterocycles. The highest BCUT2D eigenvalue weighted by Gasteiger charge is 2.13. The number of hydrogen-bond acceptors (Lipinski definition) is 5. The van der Waals surface area contributed by atoms with E-state index in [1.54, 1.807) is 24.3 Å². The minimum Gasteiger partial charge on any atom is -0.494 e. The van der Waals surface area contributed by atoms with Crippen LogP contribution in [-0.2, 0) is 9.53 Å². The molecule has 2 aromatic carbocycles. The molecular weight excluding hydrogens is 346 g/mol. The first kappa shape index (κ1) is 20.3. The van der Waals surface area contributed by atoms with E-state index in [0.29, 0.717) is 31.1 Å². The van der Waals surface area contributed by atoms with Gasteiger partial charge >= 0.3 is 5.97 Å². The highest BCUT2D eigenvalue weighted by atomic mass is 16.5. The number of amides is 1. The van der Waals surface area contributed by atoms with E-state index in [2.05, 4.69) is 5.32 Å². The van der Waals surface area contributed by atoms with Crippen LogP contribution in [-0.4, -0.2) is 38.2 Å². The summed E-state index contributed by atoms with van der Waals surface area (Å²) in [6.07, 6.45) is 0. The molecule has 0 saturated carbocycles. The van der Waals surface area contributed by atoms with Crippen LogP contribution in [0.25, 0.3) is 0 Å². The Kier molecular flexibility index (Phi) is 7.67. The molecule has 1 amide bonds. The zero-order chi connectivity index (χ0) is 19.6. The summed E-state index contributed by atoms with van der Waals surface area (Å²) < 4.78 is 16.0. The normalized spacial score (nSPS) is 10.2. The van der Waals surface area contributed by atoms with Gasteiger partial charge in [-0.2, -0.15) is 0 Å². The number of carbonyl (C=O) groups excluding carboxylic acids is 2. The summed E-state index contributed by atoms with van der Waals surface area (Å²) in [6.45, 7) is 6.60. The molecular formula is C21H25NO5. The molecule has 2 rings (SSSR count). The predicted molar refractivity (Wildman–Crippen MR) is 102 cm³/mol. The standard InChI is InChI=1S/C21H25NO5/c1-4-25-17-8-10-18(11-9-17)26-13-12-22-20(23)14-27-21(24)19-7-5-6-15(2)16(19)3/h5-11H,4,12-14H2,1-3H3,(H,22,23). The van der Waals surface area contributed by atoms with Gasteiger partial charge in [0.25, 0.3) is 5.91 Å². The molecule has 1 N–H and O–H groups in total. The monoisotopic (exact) mass is 371 g/mol.